The molecule has 3 N–H and O–H groups in total. The van der Waals surface area contributed by atoms with E-state index in [2.05, 4.69) is 22.9 Å². The number of aromatic nitrogens is 2. The highest BCUT2D eigenvalue weighted by Gasteiger charge is 2.42. The highest BCUT2D eigenvalue weighted by atomic mass is 31.1. The van der Waals surface area contributed by atoms with E-state index in [-0.39, 0.29) is 14.4 Å². The lowest BCUT2D eigenvalue weighted by atomic mass is 10.1. The summed E-state index contributed by atoms with van der Waals surface area (Å²) in [5.41, 5.74) is 8.14. The number of pyridine rings is 1. The maximum atomic E-state index is 12.1. The van der Waals surface area contributed by atoms with Crippen molar-refractivity contribution in [2.24, 2.45) is 5.73 Å². The molecule has 0 saturated carbocycles. The Morgan fingerprint density at radius 1 is 1.33 bits per heavy atom. The molecule has 9 heteroatoms. The van der Waals surface area contributed by atoms with Crippen LogP contribution in [-0.2, 0) is 4.79 Å². The predicted molar refractivity (Wildman–Crippen MR) is 112 cm³/mol. The lowest BCUT2D eigenvalue weighted by Gasteiger charge is -2.12. The Balaban J connectivity index is 1.80. The molecule has 1 saturated heterocycles. The number of carbonyl (C=O) groups excluding carboxylic acids is 2. The zero-order chi connectivity index (χ0) is 21.5. The number of aliphatic hydroxyl groups is 1. The van der Waals surface area contributed by atoms with Crippen molar-refractivity contribution in [2.75, 3.05) is 13.3 Å². The van der Waals surface area contributed by atoms with Crippen molar-refractivity contribution in [1.29, 1.82) is 5.26 Å². The van der Waals surface area contributed by atoms with Gasteiger partial charge in [-0.1, -0.05) is 18.1 Å². The molecule has 1 unspecified atom stereocenters. The number of hydrogen-bond acceptors (Lipinski definition) is 5. The van der Waals surface area contributed by atoms with Gasteiger partial charge in [0.2, 0.25) is 11.2 Å². The summed E-state index contributed by atoms with van der Waals surface area (Å²) in [6, 6.07) is 12.3. The van der Waals surface area contributed by atoms with Crippen LogP contribution in [0.3, 0.4) is 0 Å². The summed E-state index contributed by atoms with van der Waals surface area (Å²) in [5.74, 6) is 4.52. The second-order valence-electron chi connectivity index (χ2n) is 6.81. The number of benzene rings is 1. The first-order chi connectivity index (χ1) is 14.3. The minimum absolute atomic E-state index is 0.0185. The number of nitrogens with two attached hydrogens (primary N) is 1. The molecule has 148 valence electrons. The number of carbonyl (C=O) groups is 2. The third-order valence-corrected chi connectivity index (χ3v) is 6.23. The quantitative estimate of drug-likeness (QED) is 0.478. The number of rotatable bonds is 2. The first-order valence-corrected chi connectivity index (χ1v) is 10.1. The highest BCUT2D eigenvalue weighted by Crippen LogP contribution is 2.37. The summed E-state index contributed by atoms with van der Waals surface area (Å²) >= 11 is 0. The van der Waals surface area contributed by atoms with Gasteiger partial charge in [0.1, 0.15) is 0 Å². The number of nitriles is 1. The van der Waals surface area contributed by atoms with Gasteiger partial charge in [0, 0.05) is 30.7 Å². The molecule has 2 aromatic heterocycles. The van der Waals surface area contributed by atoms with E-state index < -0.39 is 17.2 Å². The molecule has 0 aliphatic carbocycles. The summed E-state index contributed by atoms with van der Waals surface area (Å²) in [4.78, 5) is 29.7. The Morgan fingerprint density at radius 2 is 2.13 bits per heavy atom. The lowest BCUT2D eigenvalue weighted by molar-refractivity contribution is -0.135. The van der Waals surface area contributed by atoms with E-state index in [0.29, 0.717) is 34.2 Å². The Morgan fingerprint density at radius 3 is 2.80 bits per heavy atom. The van der Waals surface area contributed by atoms with Gasteiger partial charge >= 0.3 is 0 Å². The van der Waals surface area contributed by atoms with Crippen molar-refractivity contribution in [2.45, 2.75) is 5.34 Å². The van der Waals surface area contributed by atoms with Gasteiger partial charge in [-0.25, -0.2) is 4.98 Å². The Bertz CT molecular complexity index is 1310. The number of hydrogen-bond donors (Lipinski definition) is 2. The van der Waals surface area contributed by atoms with E-state index in [1.165, 1.54) is 9.30 Å². The number of amides is 2. The highest BCUT2D eigenvalue weighted by molar-refractivity contribution is 7.42. The molecule has 8 nitrogen and oxygen atoms in total. The normalized spacial score (nSPS) is 19.0. The molecular formula is C21H16N5O3P. The molecule has 0 radical (unpaired) electrons. The molecular weight excluding hydrogens is 401 g/mol. The van der Waals surface area contributed by atoms with E-state index in [0.717, 1.165) is 0 Å². The van der Waals surface area contributed by atoms with Crippen LogP contribution in [0, 0.1) is 23.2 Å². The van der Waals surface area contributed by atoms with Crippen LogP contribution >= 0.6 is 8.58 Å². The van der Waals surface area contributed by atoms with Crippen molar-refractivity contribution in [1.82, 2.24) is 14.3 Å². The van der Waals surface area contributed by atoms with Gasteiger partial charge in [0.15, 0.2) is 0 Å². The van der Waals surface area contributed by atoms with Crippen LogP contribution in [0.2, 0.25) is 0 Å². The number of fused-ring (bicyclic) bond motifs is 1. The molecule has 0 bridgehead atoms. The van der Waals surface area contributed by atoms with Gasteiger partial charge in [-0.15, -0.1) is 0 Å². The van der Waals surface area contributed by atoms with Crippen LogP contribution in [0.15, 0.2) is 42.6 Å². The fourth-order valence-corrected chi connectivity index (χ4v) is 4.30. The smallest absolute Gasteiger partial charge is 0.285 e. The van der Waals surface area contributed by atoms with Gasteiger partial charge in [-0.3, -0.25) is 14.0 Å². The average Bonchev–Trinajstić information content (AvgIpc) is 3.26. The third kappa shape index (κ3) is 3.29. The SMILES string of the molecule is CN1CP[C@@](O)(C#Cc2cccc(-c3nc(C(N)=O)n4ccc(C#N)cc34)c2)C1=O. The molecule has 2 amide bonds. The minimum atomic E-state index is -1.66. The minimum Gasteiger partial charge on any atom is -0.366 e. The van der Waals surface area contributed by atoms with E-state index >= 15 is 0 Å². The van der Waals surface area contributed by atoms with Crippen molar-refractivity contribution >= 4 is 25.9 Å². The molecule has 1 aliphatic heterocycles. The molecule has 30 heavy (non-hydrogen) atoms. The van der Waals surface area contributed by atoms with Gasteiger partial charge in [0.05, 0.1) is 22.8 Å². The van der Waals surface area contributed by atoms with Gasteiger partial charge in [0.25, 0.3) is 11.8 Å². The fraction of sp³-hybridized carbons (Fsp3) is 0.143. The Kier molecular flexibility index (Phi) is 4.75. The fourth-order valence-electron chi connectivity index (χ4n) is 3.20. The molecule has 2 atom stereocenters. The molecule has 4 rings (SSSR count). The Labute approximate surface area is 173 Å². The zero-order valence-electron chi connectivity index (χ0n) is 15.9. The number of primary amides is 1. The Hall–Kier alpha value is -3.71. The number of imidazole rings is 1. The molecule has 1 fully saturated rings. The summed E-state index contributed by atoms with van der Waals surface area (Å²) in [5, 5.41) is 18.0. The van der Waals surface area contributed by atoms with Crippen LogP contribution in [0.1, 0.15) is 21.7 Å². The summed E-state index contributed by atoms with van der Waals surface area (Å²) in [6.45, 7) is 0. The molecule has 0 spiro atoms. The van der Waals surface area contributed by atoms with E-state index in [1.807, 2.05) is 0 Å². The van der Waals surface area contributed by atoms with Crippen molar-refractivity contribution in [3.8, 4) is 29.2 Å². The zero-order valence-corrected chi connectivity index (χ0v) is 16.9. The number of likely N-dealkylation sites (N-methyl/N-ethyl adjacent to an activating group) is 1. The standard InChI is InChI=1S/C21H16N5O3P/c1-25-12-30-21(29,20(25)28)7-5-13-3-2-4-15(9-13)17-16-10-14(11-22)6-8-26(16)19(24-17)18(23)27/h2-4,6,8-10,29-30H,12H2,1H3,(H2,23,27)/t21-/m0/s1. The lowest BCUT2D eigenvalue weighted by Crippen LogP contribution is -2.35. The maximum absolute atomic E-state index is 12.1. The molecule has 3 aromatic rings. The maximum Gasteiger partial charge on any atom is 0.285 e. The predicted octanol–water partition coefficient (Wildman–Crippen LogP) is 1.12. The van der Waals surface area contributed by atoms with Crippen molar-refractivity contribution < 1.29 is 14.7 Å². The third-order valence-electron chi connectivity index (χ3n) is 4.74. The van der Waals surface area contributed by atoms with E-state index in [9.17, 15) is 20.0 Å². The molecule has 3 heterocycles. The van der Waals surface area contributed by atoms with Crippen LogP contribution in [-0.4, -0.2) is 49.9 Å². The van der Waals surface area contributed by atoms with Crippen molar-refractivity contribution in [3.63, 3.8) is 0 Å². The first kappa shape index (κ1) is 19.6. The summed E-state index contributed by atoms with van der Waals surface area (Å²) < 4.78 is 1.54. The average molecular weight is 417 g/mol. The second kappa shape index (κ2) is 7.27. The topological polar surface area (TPSA) is 125 Å². The summed E-state index contributed by atoms with van der Waals surface area (Å²) in [6.07, 6.45) is 2.05. The molecule has 1 aromatic carbocycles. The largest absolute Gasteiger partial charge is 0.366 e. The first-order valence-electron chi connectivity index (χ1n) is 8.91. The van der Waals surface area contributed by atoms with Crippen molar-refractivity contribution in [3.05, 3.63) is 59.5 Å². The van der Waals surface area contributed by atoms with E-state index in [1.54, 1.807) is 49.6 Å². The second-order valence-corrected chi connectivity index (χ2v) is 8.20. The monoisotopic (exact) mass is 417 g/mol. The number of nitrogens with zero attached hydrogens (tertiary/aromatic N) is 4. The van der Waals surface area contributed by atoms with Crippen LogP contribution in [0.25, 0.3) is 16.8 Å². The van der Waals surface area contributed by atoms with Crippen LogP contribution in [0.4, 0.5) is 0 Å². The summed E-state index contributed by atoms with van der Waals surface area (Å²) in [7, 11) is 1.61. The van der Waals surface area contributed by atoms with Gasteiger partial charge in [-0.05, 0) is 38.8 Å². The van der Waals surface area contributed by atoms with Crippen LogP contribution in [0.5, 0.6) is 0 Å². The van der Waals surface area contributed by atoms with E-state index in [4.69, 9.17) is 5.73 Å². The molecule has 1 aliphatic rings. The van der Waals surface area contributed by atoms with Gasteiger partial charge < -0.3 is 15.7 Å². The van der Waals surface area contributed by atoms with Gasteiger partial charge in [-0.2, -0.15) is 5.26 Å². The van der Waals surface area contributed by atoms with Crippen LogP contribution < -0.4 is 5.73 Å².